The van der Waals surface area contributed by atoms with Crippen LogP contribution in [0, 0.1) is 0 Å². The Morgan fingerprint density at radius 3 is 1.80 bits per heavy atom. The first-order valence-corrected chi connectivity index (χ1v) is 21.7. The van der Waals surface area contributed by atoms with Gasteiger partial charge in [0, 0.05) is 15.7 Å². The zero-order valence-corrected chi connectivity index (χ0v) is 31.7. The fourth-order valence-corrected chi connectivity index (χ4v) is 14.5. The van der Waals surface area contributed by atoms with Crippen molar-refractivity contribution in [1.82, 2.24) is 9.55 Å². The van der Waals surface area contributed by atoms with E-state index in [0.29, 0.717) is 0 Å². The highest BCUT2D eigenvalue weighted by atomic mass is 32.2. The van der Waals surface area contributed by atoms with Crippen molar-refractivity contribution in [3.05, 3.63) is 200 Å². The summed E-state index contributed by atoms with van der Waals surface area (Å²) in [5.74, 6) is 1.97. The molecule has 5 heteroatoms. The van der Waals surface area contributed by atoms with E-state index in [1.54, 1.807) is 0 Å². The highest BCUT2D eigenvalue weighted by Crippen LogP contribution is 2.40. The molecular formula is C50H34N2OSSi. The average Bonchev–Trinajstić information content (AvgIpc) is 3.83. The molecule has 0 unspecified atom stereocenters. The first-order chi connectivity index (χ1) is 27.2. The molecule has 1 aliphatic rings. The van der Waals surface area contributed by atoms with E-state index in [1.807, 2.05) is 23.9 Å². The lowest BCUT2D eigenvalue weighted by Gasteiger charge is -2.35. The lowest BCUT2D eigenvalue weighted by molar-refractivity contribution is 0.669. The molecule has 0 amide bonds. The van der Waals surface area contributed by atoms with E-state index in [0.717, 1.165) is 44.5 Å². The predicted octanol–water partition coefficient (Wildman–Crippen LogP) is 10.2. The molecule has 10 aromatic rings. The van der Waals surface area contributed by atoms with Crippen molar-refractivity contribution in [3.8, 4) is 27.9 Å². The van der Waals surface area contributed by atoms with Gasteiger partial charge in [-0.15, -0.1) is 11.8 Å². The Bertz CT molecular complexity index is 3020. The van der Waals surface area contributed by atoms with Gasteiger partial charge >= 0.3 is 0 Å². The topological polar surface area (TPSA) is 31.0 Å². The fourth-order valence-electron chi connectivity index (χ4n) is 8.72. The third-order valence-electron chi connectivity index (χ3n) is 11.2. The number of hydrogen-bond donors (Lipinski definition) is 0. The van der Waals surface area contributed by atoms with Crippen molar-refractivity contribution >= 4 is 73.6 Å². The molecule has 0 saturated carbocycles. The van der Waals surface area contributed by atoms with E-state index in [4.69, 9.17) is 9.40 Å². The summed E-state index contributed by atoms with van der Waals surface area (Å²) in [5, 5.41) is 7.67. The highest BCUT2D eigenvalue weighted by Gasteiger charge is 2.41. The molecule has 1 aliphatic heterocycles. The van der Waals surface area contributed by atoms with Crippen molar-refractivity contribution in [2.45, 2.75) is 10.6 Å². The van der Waals surface area contributed by atoms with E-state index < -0.39 is 8.07 Å². The smallest absolute Gasteiger partial charge is 0.179 e. The third kappa shape index (κ3) is 5.15. The van der Waals surface area contributed by atoms with E-state index in [1.165, 1.54) is 53.6 Å². The Labute approximate surface area is 324 Å². The van der Waals surface area contributed by atoms with Crippen LogP contribution in [-0.4, -0.2) is 17.6 Å². The molecule has 260 valence electrons. The summed E-state index contributed by atoms with van der Waals surface area (Å²) in [7, 11) is -2.86. The molecule has 3 nitrogen and oxygen atoms in total. The number of furan rings is 1. The second-order valence-electron chi connectivity index (χ2n) is 14.3. The van der Waals surface area contributed by atoms with Gasteiger partial charge in [0.2, 0.25) is 0 Å². The second-order valence-corrected chi connectivity index (χ2v) is 19.1. The van der Waals surface area contributed by atoms with Gasteiger partial charge in [0.15, 0.2) is 8.07 Å². The van der Waals surface area contributed by atoms with Gasteiger partial charge in [0.25, 0.3) is 0 Å². The zero-order valence-electron chi connectivity index (χ0n) is 29.9. The standard InChI is InChI=1S/C50H34N2OSSi/c1-3-15-38(16-4-1)55(39-17-5-2-6-18-39,40-19-11-13-34(29-40)36-25-27-48-43(31-36)42-21-7-10-24-47(42)53-48)41-20-12-14-35(30-41)37-26-28-49-46(32-37)52-45-23-9-8-22-44(45)51-50(52)33-54-49/h1-32H,33H2. The zero-order chi connectivity index (χ0) is 36.3. The van der Waals surface area contributed by atoms with Gasteiger partial charge in [0.05, 0.1) is 22.5 Å². The Hall–Kier alpha value is -6.40. The molecule has 0 radical (unpaired) electrons. The van der Waals surface area contributed by atoms with Crippen LogP contribution >= 0.6 is 11.8 Å². The Morgan fingerprint density at radius 1 is 0.473 bits per heavy atom. The summed E-state index contributed by atoms with van der Waals surface area (Å²) in [5.41, 5.74) is 10.0. The molecular weight excluding hydrogens is 705 g/mol. The summed E-state index contributed by atoms with van der Waals surface area (Å²) in [6.07, 6.45) is 0. The van der Waals surface area contributed by atoms with Gasteiger partial charge in [0.1, 0.15) is 17.0 Å². The van der Waals surface area contributed by atoms with Crippen LogP contribution in [0.3, 0.4) is 0 Å². The van der Waals surface area contributed by atoms with Crippen molar-refractivity contribution in [1.29, 1.82) is 0 Å². The average molecular weight is 739 g/mol. The number of benzene rings is 8. The minimum absolute atomic E-state index is 0.865. The van der Waals surface area contributed by atoms with Crippen LogP contribution in [0.15, 0.2) is 203 Å². The Balaban J connectivity index is 1.11. The van der Waals surface area contributed by atoms with E-state index >= 15 is 0 Å². The molecule has 0 bridgehead atoms. The van der Waals surface area contributed by atoms with Crippen LogP contribution in [0.4, 0.5) is 0 Å². The maximum absolute atomic E-state index is 6.21. The molecule has 0 N–H and O–H groups in total. The van der Waals surface area contributed by atoms with E-state index in [9.17, 15) is 0 Å². The van der Waals surface area contributed by atoms with Crippen LogP contribution in [0.2, 0.25) is 0 Å². The van der Waals surface area contributed by atoms with E-state index in [-0.39, 0.29) is 0 Å². The van der Waals surface area contributed by atoms with Crippen LogP contribution in [0.1, 0.15) is 5.82 Å². The number of para-hydroxylation sites is 3. The lowest BCUT2D eigenvalue weighted by Crippen LogP contribution is -2.74. The first-order valence-electron chi connectivity index (χ1n) is 18.7. The highest BCUT2D eigenvalue weighted by molar-refractivity contribution is 7.98. The molecule has 0 spiro atoms. The van der Waals surface area contributed by atoms with Crippen LogP contribution < -0.4 is 20.7 Å². The summed E-state index contributed by atoms with van der Waals surface area (Å²) in [4.78, 5) is 6.28. The number of aromatic nitrogens is 2. The van der Waals surface area contributed by atoms with Gasteiger partial charge in [-0.2, -0.15) is 0 Å². The monoisotopic (exact) mass is 738 g/mol. The number of fused-ring (bicyclic) bond motifs is 8. The maximum atomic E-state index is 6.21. The number of thioether (sulfide) groups is 1. The summed E-state index contributed by atoms with van der Waals surface area (Å²) in [6, 6.07) is 71.4. The van der Waals surface area contributed by atoms with Gasteiger partial charge < -0.3 is 4.42 Å². The summed E-state index contributed by atoms with van der Waals surface area (Å²) >= 11 is 1.87. The largest absolute Gasteiger partial charge is 0.456 e. The quantitative estimate of drug-likeness (QED) is 0.126. The lowest BCUT2D eigenvalue weighted by atomic mass is 10.0. The van der Waals surface area contributed by atoms with Gasteiger partial charge in [-0.05, 0) is 85.5 Å². The van der Waals surface area contributed by atoms with Crippen LogP contribution in [-0.2, 0) is 5.75 Å². The number of hydrogen-bond acceptors (Lipinski definition) is 3. The number of imidazole rings is 1. The van der Waals surface area contributed by atoms with Crippen molar-refractivity contribution in [2.24, 2.45) is 0 Å². The summed E-state index contributed by atoms with van der Waals surface area (Å²) in [6.45, 7) is 0. The van der Waals surface area contributed by atoms with E-state index in [2.05, 4.69) is 187 Å². The Kier molecular flexibility index (Phi) is 7.51. The molecule has 2 aromatic heterocycles. The van der Waals surface area contributed by atoms with Crippen molar-refractivity contribution in [3.63, 3.8) is 0 Å². The fraction of sp³-hybridized carbons (Fsp3) is 0.0200. The normalized spacial score (nSPS) is 12.6. The van der Waals surface area contributed by atoms with Crippen molar-refractivity contribution < 1.29 is 4.42 Å². The second kappa shape index (κ2) is 12.9. The molecule has 8 aromatic carbocycles. The molecule has 0 atom stereocenters. The van der Waals surface area contributed by atoms with Gasteiger partial charge in [-0.3, -0.25) is 4.57 Å². The molecule has 0 aliphatic carbocycles. The SMILES string of the molecule is c1ccc([Si](c2ccccc2)(c2cccc(-c3ccc4c(c3)-n3c(nc5ccccc53)CS4)c2)c2cccc(-c3ccc4oc5ccccc5c4c3)c2)cc1. The first kappa shape index (κ1) is 32.1. The molecule has 11 rings (SSSR count). The van der Waals surface area contributed by atoms with Crippen LogP contribution in [0.5, 0.6) is 0 Å². The maximum Gasteiger partial charge on any atom is 0.179 e. The van der Waals surface area contributed by atoms with Gasteiger partial charge in [-0.25, -0.2) is 4.98 Å². The summed E-state index contributed by atoms with van der Waals surface area (Å²) < 4.78 is 8.56. The van der Waals surface area contributed by atoms with Gasteiger partial charge in [-0.1, -0.05) is 152 Å². The number of rotatable bonds is 6. The molecule has 3 heterocycles. The third-order valence-corrected chi connectivity index (χ3v) is 17.0. The van der Waals surface area contributed by atoms with Crippen molar-refractivity contribution in [2.75, 3.05) is 0 Å². The molecule has 0 fully saturated rings. The minimum atomic E-state index is -2.86. The predicted molar refractivity (Wildman–Crippen MR) is 232 cm³/mol. The molecule has 55 heavy (non-hydrogen) atoms. The minimum Gasteiger partial charge on any atom is -0.456 e. The van der Waals surface area contributed by atoms with Crippen LogP contribution in [0.25, 0.3) is 60.9 Å². The number of nitrogens with zero attached hydrogens (tertiary/aromatic N) is 2. The molecule has 0 saturated heterocycles. The Morgan fingerprint density at radius 2 is 1.05 bits per heavy atom.